The fourth-order valence-corrected chi connectivity index (χ4v) is 4.01. The third-order valence-electron chi connectivity index (χ3n) is 5.71. The number of piperidine rings is 1. The lowest BCUT2D eigenvalue weighted by Gasteiger charge is -2.31. The molecule has 0 bridgehead atoms. The number of hydrogen-bond acceptors (Lipinski definition) is 7. The van der Waals surface area contributed by atoms with E-state index in [-0.39, 0.29) is 12.1 Å². The van der Waals surface area contributed by atoms with Gasteiger partial charge in [0.05, 0.1) is 0 Å². The average Bonchev–Trinajstić information content (AvgIpc) is 2.76. The zero-order chi connectivity index (χ0) is 20.9. The van der Waals surface area contributed by atoms with Gasteiger partial charge in [-0.3, -0.25) is 4.79 Å². The molecule has 2 fully saturated rings. The number of alkyl halides is 1. The van der Waals surface area contributed by atoms with E-state index in [1.165, 1.54) is 0 Å². The number of ether oxygens (including phenoxy) is 1. The molecule has 8 nitrogen and oxygen atoms in total. The monoisotopic (exact) mass is 414 g/mol. The molecule has 0 unspecified atom stereocenters. The standard InChI is InChI=1S/C21H27FN6O2/c22-14-8-12-28(13-9-14)18-7-11-25-21(27-18)26-15-3-5-16(6-4-15)30-20-17(19(23)29)2-1-10-24-20/h1-2,7,10-11,14-16H,3-6,8-9,12-13H2,(H2,23,29)(H,25,26,27). The zero-order valence-corrected chi connectivity index (χ0v) is 16.8. The molecule has 2 aliphatic rings. The van der Waals surface area contributed by atoms with Crippen LogP contribution in [0, 0.1) is 0 Å². The number of primary amides is 1. The number of nitrogens with one attached hydrogen (secondary N) is 1. The molecular weight excluding hydrogens is 387 g/mol. The number of amides is 1. The maximum absolute atomic E-state index is 13.4. The number of hydrogen-bond donors (Lipinski definition) is 2. The van der Waals surface area contributed by atoms with Gasteiger partial charge in [-0.05, 0) is 56.7 Å². The Labute approximate surface area is 175 Å². The molecule has 9 heteroatoms. The highest BCUT2D eigenvalue weighted by molar-refractivity contribution is 5.94. The Kier molecular flexibility index (Phi) is 6.25. The van der Waals surface area contributed by atoms with E-state index in [2.05, 4.69) is 25.2 Å². The van der Waals surface area contributed by atoms with Gasteiger partial charge in [0.2, 0.25) is 11.8 Å². The molecular formula is C21H27FN6O2. The van der Waals surface area contributed by atoms with Gasteiger partial charge in [-0.25, -0.2) is 14.4 Å². The number of nitrogens with two attached hydrogens (primary N) is 1. The maximum Gasteiger partial charge on any atom is 0.254 e. The molecule has 2 aromatic heterocycles. The third kappa shape index (κ3) is 4.95. The number of nitrogens with zero attached hydrogens (tertiary/aromatic N) is 4. The number of halogens is 1. The minimum atomic E-state index is -0.705. The summed E-state index contributed by atoms with van der Waals surface area (Å²) in [7, 11) is 0. The van der Waals surface area contributed by atoms with E-state index < -0.39 is 12.1 Å². The molecule has 0 radical (unpaired) electrons. The molecule has 1 amide bonds. The van der Waals surface area contributed by atoms with Gasteiger partial charge in [0.1, 0.15) is 23.7 Å². The fourth-order valence-electron chi connectivity index (χ4n) is 4.01. The Balaban J connectivity index is 1.30. The van der Waals surface area contributed by atoms with E-state index in [0.29, 0.717) is 43.3 Å². The molecule has 1 aliphatic heterocycles. The highest BCUT2D eigenvalue weighted by atomic mass is 19.1. The minimum absolute atomic E-state index is 0.00898. The van der Waals surface area contributed by atoms with Crippen molar-refractivity contribution >= 4 is 17.7 Å². The van der Waals surface area contributed by atoms with Crippen LogP contribution in [0.15, 0.2) is 30.6 Å². The quantitative estimate of drug-likeness (QED) is 0.748. The molecule has 3 heterocycles. The van der Waals surface area contributed by atoms with Gasteiger partial charge < -0.3 is 20.7 Å². The highest BCUT2D eigenvalue weighted by Crippen LogP contribution is 2.27. The molecule has 1 aliphatic carbocycles. The van der Waals surface area contributed by atoms with Crippen LogP contribution in [-0.4, -0.2) is 52.3 Å². The van der Waals surface area contributed by atoms with Crippen molar-refractivity contribution in [2.24, 2.45) is 5.73 Å². The Bertz CT molecular complexity index is 866. The Morgan fingerprint density at radius 2 is 1.87 bits per heavy atom. The van der Waals surface area contributed by atoms with Gasteiger partial charge in [-0.15, -0.1) is 0 Å². The van der Waals surface area contributed by atoms with E-state index in [9.17, 15) is 9.18 Å². The summed E-state index contributed by atoms with van der Waals surface area (Å²) in [6.45, 7) is 1.36. The van der Waals surface area contributed by atoms with E-state index >= 15 is 0 Å². The average molecular weight is 414 g/mol. The van der Waals surface area contributed by atoms with Crippen LogP contribution in [0.4, 0.5) is 16.2 Å². The van der Waals surface area contributed by atoms with Crippen LogP contribution < -0.4 is 20.7 Å². The number of aromatic nitrogens is 3. The normalized spacial score (nSPS) is 22.5. The second-order valence-electron chi connectivity index (χ2n) is 7.86. The number of carbonyl (C=O) groups excluding carboxylic acids is 1. The minimum Gasteiger partial charge on any atom is -0.474 e. The van der Waals surface area contributed by atoms with Crippen molar-refractivity contribution in [2.75, 3.05) is 23.3 Å². The van der Waals surface area contributed by atoms with Crippen molar-refractivity contribution in [1.29, 1.82) is 0 Å². The van der Waals surface area contributed by atoms with Crippen LogP contribution in [0.5, 0.6) is 5.88 Å². The molecule has 1 saturated heterocycles. The van der Waals surface area contributed by atoms with Gasteiger partial charge >= 0.3 is 0 Å². The predicted octanol–water partition coefficient (Wildman–Crippen LogP) is 2.71. The van der Waals surface area contributed by atoms with Gasteiger partial charge in [0, 0.05) is 31.5 Å². The van der Waals surface area contributed by atoms with E-state index in [4.69, 9.17) is 10.5 Å². The van der Waals surface area contributed by atoms with Gasteiger partial charge in [-0.2, -0.15) is 4.98 Å². The van der Waals surface area contributed by atoms with Gasteiger partial charge in [0.15, 0.2) is 0 Å². The van der Waals surface area contributed by atoms with Crippen LogP contribution in [0.2, 0.25) is 0 Å². The first kappa shape index (κ1) is 20.3. The summed E-state index contributed by atoms with van der Waals surface area (Å²) in [5.41, 5.74) is 5.70. The molecule has 2 aromatic rings. The van der Waals surface area contributed by atoms with Crippen molar-refractivity contribution < 1.29 is 13.9 Å². The third-order valence-corrected chi connectivity index (χ3v) is 5.71. The van der Waals surface area contributed by atoms with Gasteiger partial charge in [0.25, 0.3) is 5.91 Å². The summed E-state index contributed by atoms with van der Waals surface area (Å²) in [5, 5.41) is 3.41. The molecule has 1 saturated carbocycles. The van der Waals surface area contributed by atoms with Crippen molar-refractivity contribution in [3.8, 4) is 5.88 Å². The summed E-state index contributed by atoms with van der Waals surface area (Å²) in [4.78, 5) is 26.8. The van der Waals surface area contributed by atoms with Crippen LogP contribution in [0.25, 0.3) is 0 Å². The number of anilines is 2. The fraction of sp³-hybridized carbons (Fsp3) is 0.524. The Hall–Kier alpha value is -2.97. The summed E-state index contributed by atoms with van der Waals surface area (Å²) in [6, 6.07) is 5.41. The molecule has 0 atom stereocenters. The van der Waals surface area contributed by atoms with Gasteiger partial charge in [-0.1, -0.05) is 0 Å². The second kappa shape index (κ2) is 9.23. The van der Waals surface area contributed by atoms with E-state index in [0.717, 1.165) is 31.5 Å². The van der Waals surface area contributed by atoms with Crippen LogP contribution in [0.3, 0.4) is 0 Å². The first-order chi connectivity index (χ1) is 14.6. The smallest absolute Gasteiger partial charge is 0.254 e. The number of carbonyl (C=O) groups is 1. The molecule has 0 aromatic carbocycles. The SMILES string of the molecule is NC(=O)c1cccnc1OC1CCC(Nc2nccc(N3CCC(F)CC3)n2)CC1. The lowest BCUT2D eigenvalue weighted by Crippen LogP contribution is -2.35. The second-order valence-corrected chi connectivity index (χ2v) is 7.86. The van der Waals surface area contributed by atoms with Crippen LogP contribution in [-0.2, 0) is 0 Å². The van der Waals surface area contributed by atoms with Crippen LogP contribution in [0.1, 0.15) is 48.9 Å². The van der Waals surface area contributed by atoms with Crippen molar-refractivity contribution in [1.82, 2.24) is 15.0 Å². The zero-order valence-electron chi connectivity index (χ0n) is 16.8. The lowest BCUT2D eigenvalue weighted by atomic mass is 9.93. The van der Waals surface area contributed by atoms with Crippen molar-refractivity contribution in [3.05, 3.63) is 36.2 Å². The molecule has 0 spiro atoms. The Morgan fingerprint density at radius 3 is 2.60 bits per heavy atom. The van der Waals surface area contributed by atoms with E-state index in [1.807, 2.05) is 6.07 Å². The molecule has 3 N–H and O–H groups in total. The number of pyridine rings is 1. The summed E-state index contributed by atoms with van der Waals surface area (Å²) >= 11 is 0. The van der Waals surface area contributed by atoms with Crippen LogP contribution >= 0.6 is 0 Å². The first-order valence-electron chi connectivity index (χ1n) is 10.5. The molecule has 160 valence electrons. The topological polar surface area (TPSA) is 106 Å². The summed E-state index contributed by atoms with van der Waals surface area (Å²) < 4.78 is 19.3. The maximum atomic E-state index is 13.4. The van der Waals surface area contributed by atoms with E-state index in [1.54, 1.807) is 24.5 Å². The summed E-state index contributed by atoms with van der Waals surface area (Å²) in [5.74, 6) is 1.20. The highest BCUT2D eigenvalue weighted by Gasteiger charge is 2.25. The lowest BCUT2D eigenvalue weighted by molar-refractivity contribution is 0.0983. The first-order valence-corrected chi connectivity index (χ1v) is 10.5. The van der Waals surface area contributed by atoms with Crippen molar-refractivity contribution in [3.63, 3.8) is 0 Å². The van der Waals surface area contributed by atoms with Crippen molar-refractivity contribution in [2.45, 2.75) is 56.8 Å². The Morgan fingerprint density at radius 1 is 1.10 bits per heavy atom. The summed E-state index contributed by atoms with van der Waals surface area (Å²) in [6.07, 6.45) is 7.16. The number of rotatable bonds is 6. The molecule has 30 heavy (non-hydrogen) atoms. The predicted molar refractivity (Wildman–Crippen MR) is 111 cm³/mol. The molecule has 4 rings (SSSR count). The largest absolute Gasteiger partial charge is 0.474 e.